The van der Waals surface area contributed by atoms with Crippen molar-refractivity contribution in [3.63, 3.8) is 0 Å². The quantitative estimate of drug-likeness (QED) is 0.839. The molecule has 0 aliphatic carbocycles. The van der Waals surface area contributed by atoms with Gasteiger partial charge in [0, 0.05) is 38.1 Å². The SMILES string of the molecule is O=C([C@@H]1C[C@@H]2OCC[C@@H]2N(Cc2ccncc2)C1)N1CCCO1. The molecule has 3 saturated heterocycles. The van der Waals surface area contributed by atoms with Crippen LogP contribution in [0.4, 0.5) is 0 Å². The van der Waals surface area contributed by atoms with E-state index in [9.17, 15) is 4.79 Å². The van der Waals surface area contributed by atoms with Crippen LogP contribution in [0.3, 0.4) is 0 Å². The molecular weight excluding hydrogens is 294 g/mol. The Balaban J connectivity index is 1.49. The lowest BCUT2D eigenvalue weighted by molar-refractivity contribution is -0.177. The van der Waals surface area contributed by atoms with Crippen LogP contribution in [-0.2, 0) is 20.9 Å². The Bertz CT molecular complexity index is 547. The summed E-state index contributed by atoms with van der Waals surface area (Å²) in [6.07, 6.45) is 6.61. The number of nitrogens with zero attached hydrogens (tertiary/aromatic N) is 3. The molecule has 3 atom stereocenters. The lowest BCUT2D eigenvalue weighted by atomic mass is 9.89. The van der Waals surface area contributed by atoms with Crippen LogP contribution in [0.2, 0.25) is 0 Å². The maximum absolute atomic E-state index is 12.7. The number of aromatic nitrogens is 1. The van der Waals surface area contributed by atoms with Crippen molar-refractivity contribution in [2.45, 2.75) is 38.0 Å². The molecular formula is C17H23N3O3. The van der Waals surface area contributed by atoms with Gasteiger partial charge in [-0.1, -0.05) is 0 Å². The summed E-state index contributed by atoms with van der Waals surface area (Å²) >= 11 is 0. The summed E-state index contributed by atoms with van der Waals surface area (Å²) in [5.74, 6) is 0.0884. The Hall–Kier alpha value is -1.50. The van der Waals surface area contributed by atoms with Gasteiger partial charge in [0.15, 0.2) is 0 Å². The summed E-state index contributed by atoms with van der Waals surface area (Å²) in [6.45, 7) is 3.79. The lowest BCUT2D eigenvalue weighted by Crippen LogP contribution is -2.52. The number of hydrogen-bond donors (Lipinski definition) is 0. The number of hydroxylamine groups is 2. The summed E-state index contributed by atoms with van der Waals surface area (Å²) in [4.78, 5) is 24.6. The van der Waals surface area contributed by atoms with Gasteiger partial charge >= 0.3 is 0 Å². The summed E-state index contributed by atoms with van der Waals surface area (Å²) in [5, 5.41) is 1.56. The van der Waals surface area contributed by atoms with Crippen LogP contribution < -0.4 is 0 Å². The number of hydrogen-bond acceptors (Lipinski definition) is 5. The van der Waals surface area contributed by atoms with Crippen LogP contribution in [0.5, 0.6) is 0 Å². The van der Waals surface area contributed by atoms with Crippen LogP contribution >= 0.6 is 0 Å². The second kappa shape index (κ2) is 6.55. The van der Waals surface area contributed by atoms with Crippen molar-refractivity contribution in [1.82, 2.24) is 14.9 Å². The van der Waals surface area contributed by atoms with Crippen molar-refractivity contribution >= 4 is 5.91 Å². The number of carbonyl (C=O) groups is 1. The molecule has 6 heteroatoms. The van der Waals surface area contributed by atoms with Gasteiger partial charge in [0.1, 0.15) is 0 Å². The third kappa shape index (κ3) is 3.11. The second-order valence-corrected chi connectivity index (χ2v) is 6.61. The van der Waals surface area contributed by atoms with E-state index in [-0.39, 0.29) is 17.9 Å². The molecule has 3 aliphatic rings. The van der Waals surface area contributed by atoms with Gasteiger partial charge in [0.2, 0.25) is 0 Å². The van der Waals surface area contributed by atoms with Gasteiger partial charge in [-0.2, -0.15) is 0 Å². The number of ether oxygens (including phenoxy) is 1. The molecule has 3 fully saturated rings. The highest BCUT2D eigenvalue weighted by Crippen LogP contribution is 2.33. The standard InChI is InChI=1S/C17H23N3O3/c21-17(20-7-1-8-23-20)14-10-16-15(4-9-22-16)19(12-14)11-13-2-5-18-6-3-13/h2-3,5-6,14-16H,1,4,7-12H2/t14-,15+,16+/m1/s1. The second-order valence-electron chi connectivity index (χ2n) is 6.61. The monoisotopic (exact) mass is 317 g/mol. The van der Waals surface area contributed by atoms with E-state index in [1.807, 2.05) is 24.5 Å². The predicted molar refractivity (Wildman–Crippen MR) is 83.2 cm³/mol. The third-order valence-electron chi connectivity index (χ3n) is 5.10. The zero-order valence-electron chi connectivity index (χ0n) is 13.3. The molecule has 1 aromatic rings. The van der Waals surface area contributed by atoms with E-state index >= 15 is 0 Å². The van der Waals surface area contributed by atoms with Crippen molar-refractivity contribution in [3.8, 4) is 0 Å². The highest BCUT2D eigenvalue weighted by molar-refractivity contribution is 5.78. The minimum absolute atomic E-state index is 0.0331. The van der Waals surface area contributed by atoms with E-state index in [1.54, 1.807) is 5.06 Å². The Kier molecular flexibility index (Phi) is 4.29. The minimum Gasteiger partial charge on any atom is -0.377 e. The fraction of sp³-hybridized carbons (Fsp3) is 0.647. The first-order valence-electron chi connectivity index (χ1n) is 8.50. The topological polar surface area (TPSA) is 54.9 Å². The van der Waals surface area contributed by atoms with E-state index in [4.69, 9.17) is 9.57 Å². The molecule has 4 heterocycles. The predicted octanol–water partition coefficient (Wildman–Crippen LogP) is 1.22. The summed E-state index contributed by atoms with van der Waals surface area (Å²) in [7, 11) is 0. The van der Waals surface area contributed by atoms with Gasteiger partial charge in [-0.25, -0.2) is 5.06 Å². The third-order valence-corrected chi connectivity index (χ3v) is 5.10. The molecule has 0 N–H and O–H groups in total. The van der Waals surface area contributed by atoms with Gasteiger partial charge in [0.25, 0.3) is 5.91 Å². The molecule has 0 bridgehead atoms. The Morgan fingerprint density at radius 3 is 2.96 bits per heavy atom. The molecule has 6 nitrogen and oxygen atoms in total. The van der Waals surface area contributed by atoms with Crippen molar-refractivity contribution in [1.29, 1.82) is 0 Å². The van der Waals surface area contributed by atoms with E-state index in [2.05, 4.69) is 9.88 Å². The van der Waals surface area contributed by atoms with Crippen molar-refractivity contribution in [2.24, 2.45) is 5.92 Å². The highest BCUT2D eigenvalue weighted by Gasteiger charge is 2.43. The normalized spacial score (nSPS) is 31.3. The van der Waals surface area contributed by atoms with Gasteiger partial charge < -0.3 is 4.74 Å². The number of amides is 1. The number of fused-ring (bicyclic) bond motifs is 1. The summed E-state index contributed by atoms with van der Waals surface area (Å²) < 4.78 is 5.90. The summed E-state index contributed by atoms with van der Waals surface area (Å²) in [6, 6.07) is 4.51. The van der Waals surface area contributed by atoms with Crippen LogP contribution in [0.1, 0.15) is 24.8 Å². The fourth-order valence-corrected chi connectivity index (χ4v) is 3.96. The lowest BCUT2D eigenvalue weighted by Gasteiger charge is -2.41. The van der Waals surface area contributed by atoms with E-state index in [1.165, 1.54) is 5.56 Å². The Labute approximate surface area is 136 Å². The van der Waals surface area contributed by atoms with Gasteiger partial charge in [-0.3, -0.25) is 19.5 Å². The maximum Gasteiger partial charge on any atom is 0.250 e. The van der Waals surface area contributed by atoms with Gasteiger partial charge in [-0.15, -0.1) is 0 Å². The average Bonchev–Trinajstić information content (AvgIpc) is 3.26. The first-order chi connectivity index (χ1) is 11.3. The number of carbonyl (C=O) groups excluding carboxylic acids is 1. The molecule has 0 aromatic carbocycles. The molecule has 0 radical (unpaired) electrons. The van der Waals surface area contributed by atoms with Crippen molar-refractivity contribution in [3.05, 3.63) is 30.1 Å². The number of pyridine rings is 1. The molecule has 0 spiro atoms. The molecule has 23 heavy (non-hydrogen) atoms. The number of piperidine rings is 1. The van der Waals surface area contributed by atoms with Crippen LogP contribution in [0.15, 0.2) is 24.5 Å². The van der Waals surface area contributed by atoms with Gasteiger partial charge in [-0.05, 0) is 37.0 Å². The van der Waals surface area contributed by atoms with E-state index in [0.29, 0.717) is 19.2 Å². The molecule has 1 amide bonds. The van der Waals surface area contributed by atoms with Crippen molar-refractivity contribution in [2.75, 3.05) is 26.3 Å². The molecule has 3 aliphatic heterocycles. The van der Waals surface area contributed by atoms with E-state index in [0.717, 1.165) is 39.0 Å². The molecule has 0 unspecified atom stereocenters. The maximum atomic E-state index is 12.7. The van der Waals surface area contributed by atoms with Gasteiger partial charge in [0.05, 0.1) is 25.2 Å². The zero-order valence-corrected chi connectivity index (χ0v) is 13.3. The van der Waals surface area contributed by atoms with Crippen LogP contribution in [0, 0.1) is 5.92 Å². The number of likely N-dealkylation sites (tertiary alicyclic amines) is 1. The molecule has 0 saturated carbocycles. The smallest absolute Gasteiger partial charge is 0.250 e. The van der Waals surface area contributed by atoms with Crippen LogP contribution in [0.25, 0.3) is 0 Å². The minimum atomic E-state index is -0.0331. The largest absolute Gasteiger partial charge is 0.377 e. The Morgan fingerprint density at radius 2 is 2.17 bits per heavy atom. The Morgan fingerprint density at radius 1 is 1.30 bits per heavy atom. The number of rotatable bonds is 3. The summed E-state index contributed by atoms with van der Waals surface area (Å²) in [5.41, 5.74) is 1.23. The average molecular weight is 317 g/mol. The van der Waals surface area contributed by atoms with E-state index < -0.39 is 0 Å². The zero-order chi connectivity index (χ0) is 15.6. The first kappa shape index (κ1) is 15.1. The van der Waals surface area contributed by atoms with Crippen molar-refractivity contribution < 1.29 is 14.4 Å². The fourth-order valence-electron chi connectivity index (χ4n) is 3.96. The van der Waals surface area contributed by atoms with Crippen LogP contribution in [-0.4, -0.2) is 59.3 Å². The molecule has 1 aromatic heterocycles. The molecule has 124 valence electrons. The highest BCUT2D eigenvalue weighted by atomic mass is 16.7. The first-order valence-corrected chi connectivity index (χ1v) is 8.50. The molecule has 4 rings (SSSR count).